The van der Waals surface area contributed by atoms with E-state index >= 15 is 0 Å². The molecule has 2 saturated heterocycles. The molecular weight excluding hydrogens is 610 g/mol. The normalized spacial score (nSPS) is 32.1. The quantitative estimate of drug-likeness (QED) is 0.127. The van der Waals surface area contributed by atoms with E-state index in [4.69, 9.17) is 29.4 Å². The lowest BCUT2D eigenvalue weighted by atomic mass is 10.0. The average molecular weight is 654 g/mol. The van der Waals surface area contributed by atoms with Crippen LogP contribution >= 0.6 is 0 Å². The van der Waals surface area contributed by atoms with E-state index in [1.54, 1.807) is 0 Å². The first-order valence-corrected chi connectivity index (χ1v) is 15.4. The zero-order valence-electron chi connectivity index (χ0n) is 26.0. The number of carbonyl (C=O) groups is 3. The smallest absolute Gasteiger partial charge is 0.330 e. The molecule has 2 fully saturated rings. The molecule has 3 amide bonds. The fraction of sp³-hybridized carbons (Fsp3) is 0.690. The number of nitrogens with two attached hydrogens (primary N) is 1. The molecular formula is C29H43N5O12. The van der Waals surface area contributed by atoms with E-state index < -0.39 is 84.0 Å². The van der Waals surface area contributed by atoms with Crippen LogP contribution in [0, 0.1) is 0 Å². The number of nitrogens with zero attached hydrogens (tertiary/aromatic N) is 1. The second kappa shape index (κ2) is 15.8. The van der Waals surface area contributed by atoms with Crippen LogP contribution in [0.5, 0.6) is 0 Å². The summed E-state index contributed by atoms with van der Waals surface area (Å²) >= 11 is 0. The molecule has 0 spiro atoms. The van der Waals surface area contributed by atoms with Gasteiger partial charge in [-0.15, -0.1) is 0 Å². The zero-order chi connectivity index (χ0) is 33.5. The van der Waals surface area contributed by atoms with Gasteiger partial charge in [0.15, 0.2) is 18.1 Å². The second-order valence-electron chi connectivity index (χ2n) is 11.6. The number of hydrogen-bond acceptors (Lipinski definition) is 12. The summed E-state index contributed by atoms with van der Waals surface area (Å²) < 4.78 is 30.3. The van der Waals surface area contributed by atoms with Crippen molar-refractivity contribution in [1.82, 2.24) is 20.2 Å². The lowest BCUT2D eigenvalue weighted by Gasteiger charge is -2.35. The van der Waals surface area contributed by atoms with Crippen molar-refractivity contribution in [3.8, 4) is 0 Å². The molecule has 46 heavy (non-hydrogen) atoms. The molecule has 0 bridgehead atoms. The van der Waals surface area contributed by atoms with E-state index in [0.29, 0.717) is 19.3 Å². The van der Waals surface area contributed by atoms with Gasteiger partial charge in [0.1, 0.15) is 36.6 Å². The molecule has 10 atom stereocenters. The highest BCUT2D eigenvalue weighted by atomic mass is 16.7. The zero-order valence-corrected chi connectivity index (χ0v) is 26.0. The summed E-state index contributed by atoms with van der Waals surface area (Å²) in [6.45, 7) is 4.12. The van der Waals surface area contributed by atoms with Gasteiger partial charge < -0.3 is 50.3 Å². The molecule has 0 radical (unpaired) electrons. The van der Waals surface area contributed by atoms with Crippen molar-refractivity contribution in [3.63, 3.8) is 0 Å². The van der Waals surface area contributed by atoms with E-state index in [-0.39, 0.29) is 18.6 Å². The minimum atomic E-state index is -1.80. The van der Waals surface area contributed by atoms with Gasteiger partial charge in [0, 0.05) is 32.0 Å². The molecule has 1 aromatic heterocycles. The molecule has 17 heteroatoms. The molecule has 0 saturated carbocycles. The third-order valence-electron chi connectivity index (χ3n) is 8.10. The maximum Gasteiger partial charge on any atom is 0.330 e. The van der Waals surface area contributed by atoms with Gasteiger partial charge in [0.05, 0.1) is 0 Å². The topological polar surface area (TPSA) is 243 Å². The highest BCUT2D eigenvalue weighted by Crippen LogP contribution is 2.36. The number of hydrogen-bond donors (Lipinski definition) is 6. The van der Waals surface area contributed by atoms with Crippen molar-refractivity contribution < 1.29 is 48.3 Å². The number of nitrogens with one attached hydrogen (secondary N) is 3. The van der Waals surface area contributed by atoms with Gasteiger partial charge in [0.2, 0.25) is 18.1 Å². The predicted octanol–water partition coefficient (Wildman–Crippen LogP) is -1.97. The van der Waals surface area contributed by atoms with Crippen LogP contribution in [0.15, 0.2) is 33.7 Å². The van der Waals surface area contributed by atoms with Crippen molar-refractivity contribution in [2.75, 3.05) is 13.7 Å². The Hall–Kier alpha value is -3.61. The summed E-state index contributed by atoms with van der Waals surface area (Å²) in [5, 5.41) is 26.6. The van der Waals surface area contributed by atoms with Crippen LogP contribution in [0.25, 0.3) is 0 Å². The molecule has 4 rings (SSSR count). The number of methoxy groups -OCH3 is 1. The largest absolute Gasteiger partial charge is 0.456 e. The van der Waals surface area contributed by atoms with Gasteiger partial charge in [-0.25, -0.2) is 4.79 Å². The van der Waals surface area contributed by atoms with Crippen molar-refractivity contribution in [3.05, 3.63) is 44.9 Å². The SMILES string of the molecule is CCCCCO[C@@H]1[C@H](OC)[C@@H]([C@@H](O[C@H]2OC(C(=O)N[C@H]3CCC[C@@H](C)NC3=O)=C[C@H](O)[C@@H]2O)C(N)=O)O[C@H]1n1ccc(=O)[nH]c1=O. The number of aliphatic hydroxyl groups is 2. The molecule has 7 N–H and O–H groups in total. The predicted molar refractivity (Wildman–Crippen MR) is 158 cm³/mol. The lowest BCUT2D eigenvalue weighted by molar-refractivity contribution is -0.241. The highest BCUT2D eigenvalue weighted by molar-refractivity contribution is 5.95. The van der Waals surface area contributed by atoms with Gasteiger partial charge in [-0.1, -0.05) is 19.8 Å². The van der Waals surface area contributed by atoms with Gasteiger partial charge in [0.25, 0.3) is 11.5 Å². The van der Waals surface area contributed by atoms with Crippen LogP contribution in [0.4, 0.5) is 0 Å². The van der Waals surface area contributed by atoms with Gasteiger partial charge in [-0.3, -0.25) is 28.7 Å². The monoisotopic (exact) mass is 653 g/mol. The Bertz CT molecular complexity index is 1380. The fourth-order valence-electron chi connectivity index (χ4n) is 5.66. The molecule has 0 aromatic carbocycles. The number of aromatic nitrogens is 2. The number of aromatic amines is 1. The average Bonchev–Trinajstić information content (AvgIpc) is 3.27. The summed E-state index contributed by atoms with van der Waals surface area (Å²) in [6, 6.07) is 0.195. The summed E-state index contributed by atoms with van der Waals surface area (Å²) in [7, 11) is 1.32. The number of carbonyl (C=O) groups excluding carboxylic acids is 3. The summed E-state index contributed by atoms with van der Waals surface area (Å²) in [6.07, 6.45) is -5.17. The van der Waals surface area contributed by atoms with Crippen LogP contribution in [0.3, 0.4) is 0 Å². The van der Waals surface area contributed by atoms with E-state index in [1.807, 2.05) is 13.8 Å². The first-order chi connectivity index (χ1) is 21.9. The lowest BCUT2D eigenvalue weighted by Crippen LogP contribution is -2.54. The Kier molecular flexibility index (Phi) is 12.1. The molecule has 256 valence electrons. The molecule has 3 aliphatic heterocycles. The van der Waals surface area contributed by atoms with Crippen molar-refractivity contribution in [2.24, 2.45) is 5.73 Å². The number of amides is 3. The van der Waals surface area contributed by atoms with Crippen molar-refractivity contribution in [2.45, 2.75) is 114 Å². The number of H-pyrrole nitrogens is 1. The Morgan fingerprint density at radius 1 is 1.20 bits per heavy atom. The number of ether oxygens (including phenoxy) is 5. The minimum Gasteiger partial charge on any atom is -0.456 e. The third-order valence-corrected chi connectivity index (χ3v) is 8.10. The molecule has 0 unspecified atom stereocenters. The standard InChI is InChI=1S/C29H43N5O12/c1-4-5-6-12-43-23-20(42-3)21(45-27(23)34-11-10-18(36)33-29(34)41)22(24(30)38)46-28-19(37)16(35)13-17(44-28)26(40)32-15-9-7-8-14(2)31-25(15)39/h10-11,13-16,19-23,27-28,35,37H,4-9,12H2,1-3H3,(H2,30,38)(H,31,39)(H,32,40)(H,33,36,41)/t14-,15+,16+,19+,20-,21+,22-,23-,27-,28-/m1/s1. The van der Waals surface area contributed by atoms with Crippen LogP contribution in [0.1, 0.15) is 58.6 Å². The summed E-state index contributed by atoms with van der Waals surface area (Å²) in [5.41, 5.74) is 4.27. The number of rotatable bonds is 13. The van der Waals surface area contributed by atoms with Crippen LogP contribution < -0.4 is 27.6 Å². The van der Waals surface area contributed by atoms with E-state index in [1.165, 1.54) is 13.3 Å². The summed E-state index contributed by atoms with van der Waals surface area (Å²) in [5.74, 6) is -2.76. The fourth-order valence-corrected chi connectivity index (χ4v) is 5.66. The van der Waals surface area contributed by atoms with Gasteiger partial charge in [-0.05, 0) is 38.7 Å². The molecule has 4 heterocycles. The summed E-state index contributed by atoms with van der Waals surface area (Å²) in [4.78, 5) is 65.0. The minimum absolute atomic E-state index is 0.0579. The number of aliphatic hydroxyl groups excluding tert-OH is 2. The maximum absolute atomic E-state index is 13.1. The van der Waals surface area contributed by atoms with E-state index in [9.17, 15) is 34.2 Å². The van der Waals surface area contributed by atoms with Crippen LogP contribution in [-0.4, -0.2) is 106 Å². The van der Waals surface area contributed by atoms with Crippen LogP contribution in [-0.2, 0) is 38.1 Å². The Balaban J connectivity index is 1.55. The number of unbranched alkanes of at least 4 members (excludes halogenated alkanes) is 2. The first-order valence-electron chi connectivity index (χ1n) is 15.4. The van der Waals surface area contributed by atoms with Gasteiger partial charge >= 0.3 is 5.69 Å². The van der Waals surface area contributed by atoms with E-state index in [2.05, 4.69) is 15.6 Å². The van der Waals surface area contributed by atoms with Gasteiger partial charge in [-0.2, -0.15) is 0 Å². The van der Waals surface area contributed by atoms with E-state index in [0.717, 1.165) is 36.0 Å². The highest BCUT2D eigenvalue weighted by Gasteiger charge is 2.53. The number of primary amides is 1. The van der Waals surface area contributed by atoms with Crippen molar-refractivity contribution >= 4 is 17.7 Å². The molecule has 3 aliphatic rings. The van der Waals surface area contributed by atoms with Crippen LogP contribution in [0.2, 0.25) is 0 Å². The first kappa shape index (κ1) is 35.2. The maximum atomic E-state index is 13.1. The molecule has 1 aromatic rings. The second-order valence-corrected chi connectivity index (χ2v) is 11.6. The molecule has 0 aliphatic carbocycles. The Morgan fingerprint density at radius 2 is 1.96 bits per heavy atom. The third kappa shape index (κ3) is 8.21. The Labute approximate surface area is 264 Å². The molecule has 17 nitrogen and oxygen atoms in total. The Morgan fingerprint density at radius 3 is 2.63 bits per heavy atom. The van der Waals surface area contributed by atoms with Crippen molar-refractivity contribution in [1.29, 1.82) is 0 Å².